The van der Waals surface area contributed by atoms with Gasteiger partial charge in [0, 0.05) is 12.0 Å². The molecule has 6 nitrogen and oxygen atoms in total. The Hall–Kier alpha value is -2.38. The van der Waals surface area contributed by atoms with Gasteiger partial charge in [-0.3, -0.25) is 0 Å². The van der Waals surface area contributed by atoms with E-state index in [4.69, 9.17) is 0 Å². The van der Waals surface area contributed by atoms with E-state index in [0.29, 0.717) is 0 Å². The Morgan fingerprint density at radius 2 is 2.00 bits per heavy atom. The third-order valence-electron chi connectivity index (χ3n) is 3.55. The van der Waals surface area contributed by atoms with Crippen molar-refractivity contribution in [3.8, 4) is 0 Å². The van der Waals surface area contributed by atoms with Gasteiger partial charge < -0.3 is 5.11 Å². The summed E-state index contributed by atoms with van der Waals surface area (Å²) in [5.41, 5.74) is -1.57. The van der Waals surface area contributed by atoms with Gasteiger partial charge in [-0.25, -0.2) is 18.3 Å². The summed E-state index contributed by atoms with van der Waals surface area (Å²) in [5, 5.41) is 20.1. The number of aliphatic carboxylic acids is 1. The molecule has 2 aromatic rings. The quantitative estimate of drug-likeness (QED) is 0.909. The lowest BCUT2D eigenvalue weighted by atomic mass is 9.99. The normalized spacial score (nSPS) is 13.9. The first-order valence-corrected chi connectivity index (χ1v) is 6.34. The number of aromatic nitrogens is 4. The monoisotopic (exact) mass is 296 g/mol. The Balaban J connectivity index is 2.45. The second-order valence-electron chi connectivity index (χ2n) is 4.82. The highest BCUT2D eigenvalue weighted by Crippen LogP contribution is 2.23. The van der Waals surface area contributed by atoms with E-state index in [1.54, 1.807) is 6.92 Å². The van der Waals surface area contributed by atoms with Gasteiger partial charge in [-0.15, -0.1) is 5.10 Å². The zero-order chi connectivity index (χ0) is 15.6. The molecular weight excluding hydrogens is 282 g/mol. The summed E-state index contributed by atoms with van der Waals surface area (Å²) < 4.78 is 28.5. The van der Waals surface area contributed by atoms with Crippen molar-refractivity contribution in [1.82, 2.24) is 20.2 Å². The van der Waals surface area contributed by atoms with E-state index in [0.717, 1.165) is 16.8 Å². The zero-order valence-corrected chi connectivity index (χ0v) is 11.5. The number of halogens is 2. The number of hydrogen-bond donors (Lipinski definition) is 1. The fourth-order valence-corrected chi connectivity index (χ4v) is 1.95. The lowest BCUT2D eigenvalue weighted by molar-refractivity contribution is -0.147. The zero-order valence-electron chi connectivity index (χ0n) is 11.5. The van der Waals surface area contributed by atoms with Gasteiger partial charge in [0.25, 0.3) is 0 Å². The Morgan fingerprint density at radius 3 is 2.52 bits per heavy atom. The van der Waals surface area contributed by atoms with Gasteiger partial charge in [0.1, 0.15) is 11.6 Å². The summed E-state index contributed by atoms with van der Waals surface area (Å²) in [7, 11) is 0. The molecule has 0 aliphatic rings. The van der Waals surface area contributed by atoms with Crippen LogP contribution in [0.3, 0.4) is 0 Å². The summed E-state index contributed by atoms with van der Waals surface area (Å²) in [4.78, 5) is 11.4. The van der Waals surface area contributed by atoms with E-state index >= 15 is 0 Å². The first-order valence-electron chi connectivity index (χ1n) is 6.34. The number of carboxylic acid groups (broad SMARTS) is 1. The fourth-order valence-electron chi connectivity index (χ4n) is 1.95. The number of carboxylic acids is 1. The average molecular weight is 296 g/mol. The van der Waals surface area contributed by atoms with E-state index in [-0.39, 0.29) is 24.2 Å². The first-order chi connectivity index (χ1) is 9.90. The van der Waals surface area contributed by atoms with Crippen LogP contribution in [0.1, 0.15) is 31.7 Å². The van der Waals surface area contributed by atoms with Crippen LogP contribution in [0, 0.1) is 11.6 Å². The van der Waals surface area contributed by atoms with Crippen LogP contribution in [-0.2, 0) is 16.8 Å². The SMILES string of the molecule is CCC(C)(C(=O)O)n1nnnc1Cc1c(F)cccc1F. The van der Waals surface area contributed by atoms with Gasteiger partial charge in [-0.1, -0.05) is 13.0 Å². The molecule has 0 aliphatic heterocycles. The Labute approximate surface area is 119 Å². The van der Waals surface area contributed by atoms with Crippen molar-refractivity contribution < 1.29 is 18.7 Å². The molecule has 0 bridgehead atoms. The molecule has 8 heteroatoms. The summed E-state index contributed by atoms with van der Waals surface area (Å²) in [6, 6.07) is 3.51. The molecule has 0 amide bonds. The molecule has 0 aliphatic carbocycles. The predicted molar refractivity (Wildman–Crippen MR) is 68.6 cm³/mol. The lowest BCUT2D eigenvalue weighted by Crippen LogP contribution is -2.40. The number of benzene rings is 1. The minimum absolute atomic E-state index is 0.0887. The van der Waals surface area contributed by atoms with Gasteiger partial charge >= 0.3 is 5.97 Å². The fraction of sp³-hybridized carbons (Fsp3) is 0.385. The number of tetrazole rings is 1. The predicted octanol–water partition coefficient (Wildman–Crippen LogP) is 1.75. The third kappa shape index (κ3) is 2.61. The lowest BCUT2D eigenvalue weighted by Gasteiger charge is -2.24. The molecule has 0 saturated heterocycles. The van der Waals surface area contributed by atoms with Gasteiger partial charge in [0.2, 0.25) is 0 Å². The van der Waals surface area contributed by atoms with Crippen LogP contribution in [0.2, 0.25) is 0 Å². The molecule has 0 spiro atoms. The summed E-state index contributed by atoms with van der Waals surface area (Å²) in [6.45, 7) is 3.12. The molecule has 1 atom stereocenters. The number of hydrogen-bond acceptors (Lipinski definition) is 4. The van der Waals surface area contributed by atoms with E-state index in [2.05, 4.69) is 15.5 Å². The molecule has 21 heavy (non-hydrogen) atoms. The Morgan fingerprint density at radius 1 is 1.38 bits per heavy atom. The van der Waals surface area contributed by atoms with Crippen LogP contribution in [0.25, 0.3) is 0 Å². The molecule has 2 rings (SSSR count). The van der Waals surface area contributed by atoms with Crippen LogP contribution in [0.15, 0.2) is 18.2 Å². The molecule has 112 valence electrons. The summed E-state index contributed by atoms with van der Waals surface area (Å²) >= 11 is 0. The molecule has 1 unspecified atom stereocenters. The summed E-state index contributed by atoms with van der Waals surface area (Å²) in [5.74, 6) is -2.48. The minimum atomic E-state index is -1.37. The van der Waals surface area contributed by atoms with Crippen LogP contribution in [0.4, 0.5) is 8.78 Å². The van der Waals surface area contributed by atoms with Crippen molar-refractivity contribution in [3.63, 3.8) is 0 Å². The van der Waals surface area contributed by atoms with Crippen molar-refractivity contribution in [1.29, 1.82) is 0 Å². The molecule has 1 aromatic heterocycles. The van der Waals surface area contributed by atoms with Crippen molar-refractivity contribution in [2.45, 2.75) is 32.2 Å². The van der Waals surface area contributed by atoms with Gasteiger partial charge in [0.15, 0.2) is 11.4 Å². The first kappa shape index (κ1) is 15.0. The molecular formula is C13H14F2N4O2. The van der Waals surface area contributed by atoms with Gasteiger partial charge in [-0.2, -0.15) is 0 Å². The van der Waals surface area contributed by atoms with Crippen molar-refractivity contribution in [2.75, 3.05) is 0 Å². The Bertz CT molecular complexity index is 654. The van der Waals surface area contributed by atoms with Crippen LogP contribution in [-0.4, -0.2) is 31.3 Å². The molecule has 1 aromatic carbocycles. The third-order valence-corrected chi connectivity index (χ3v) is 3.55. The molecule has 0 fully saturated rings. The second kappa shape index (κ2) is 5.55. The van der Waals surface area contributed by atoms with E-state index in [1.807, 2.05) is 0 Å². The molecule has 1 heterocycles. The maximum atomic E-state index is 13.7. The average Bonchev–Trinajstić information content (AvgIpc) is 2.90. The largest absolute Gasteiger partial charge is 0.479 e. The molecule has 0 radical (unpaired) electrons. The highest BCUT2D eigenvalue weighted by atomic mass is 19.1. The van der Waals surface area contributed by atoms with E-state index in [9.17, 15) is 18.7 Å². The van der Waals surface area contributed by atoms with Gasteiger partial charge in [-0.05, 0) is 35.9 Å². The number of nitrogens with zero attached hydrogens (tertiary/aromatic N) is 4. The van der Waals surface area contributed by atoms with E-state index < -0.39 is 23.1 Å². The Kier molecular flexibility index (Phi) is 3.97. The van der Waals surface area contributed by atoms with Crippen LogP contribution in [0.5, 0.6) is 0 Å². The van der Waals surface area contributed by atoms with E-state index in [1.165, 1.54) is 13.0 Å². The van der Waals surface area contributed by atoms with Crippen LogP contribution >= 0.6 is 0 Å². The molecule has 1 N–H and O–H groups in total. The number of carbonyl (C=O) groups is 1. The standard InChI is InChI=1S/C13H14F2N4O2/c1-3-13(2,12(20)21)19-11(16-17-18-19)7-8-9(14)5-4-6-10(8)15/h4-6H,3,7H2,1-2H3,(H,20,21). The smallest absolute Gasteiger partial charge is 0.331 e. The topological polar surface area (TPSA) is 80.9 Å². The maximum absolute atomic E-state index is 13.7. The van der Waals surface area contributed by atoms with Crippen molar-refractivity contribution in [3.05, 3.63) is 41.2 Å². The maximum Gasteiger partial charge on any atom is 0.331 e. The highest BCUT2D eigenvalue weighted by molar-refractivity contribution is 5.76. The van der Waals surface area contributed by atoms with Gasteiger partial charge in [0.05, 0.1) is 0 Å². The second-order valence-corrected chi connectivity index (χ2v) is 4.82. The minimum Gasteiger partial charge on any atom is -0.479 e. The van der Waals surface area contributed by atoms with Crippen molar-refractivity contribution >= 4 is 5.97 Å². The summed E-state index contributed by atoms with van der Waals surface area (Å²) in [6.07, 6.45) is -0.00545. The van der Waals surface area contributed by atoms with Crippen LogP contribution < -0.4 is 0 Å². The molecule has 0 saturated carbocycles. The van der Waals surface area contributed by atoms with Crippen molar-refractivity contribution in [2.24, 2.45) is 0 Å². The highest BCUT2D eigenvalue weighted by Gasteiger charge is 2.37. The number of rotatable bonds is 5.